The fourth-order valence-corrected chi connectivity index (χ4v) is 2.47. The molecule has 23 heavy (non-hydrogen) atoms. The van der Waals surface area contributed by atoms with Crippen LogP contribution in [0.5, 0.6) is 0 Å². The summed E-state index contributed by atoms with van der Waals surface area (Å²) in [6.45, 7) is 0. The van der Waals surface area contributed by atoms with Gasteiger partial charge in [-0.3, -0.25) is 0 Å². The van der Waals surface area contributed by atoms with Crippen LogP contribution in [0.1, 0.15) is 21.5 Å². The van der Waals surface area contributed by atoms with Gasteiger partial charge in [-0.15, -0.1) is 0 Å². The Balaban J connectivity index is 1.74. The lowest BCUT2D eigenvalue weighted by molar-refractivity contribution is 0.0698. The lowest BCUT2D eigenvalue weighted by atomic mass is 10.0. The minimum Gasteiger partial charge on any atom is -0.478 e. The number of carbonyl (C=O) groups is 1. The van der Waals surface area contributed by atoms with Crippen LogP contribution in [0.25, 0.3) is 0 Å². The molecule has 0 radical (unpaired) electrons. The Labute approximate surface area is 135 Å². The van der Waals surface area contributed by atoms with Crippen molar-refractivity contribution in [3.8, 4) is 0 Å². The number of nitrogens with one attached hydrogen (secondary N) is 1. The van der Waals surface area contributed by atoms with Gasteiger partial charge in [-0.25, -0.2) is 4.79 Å². The smallest absolute Gasteiger partial charge is 0.337 e. The van der Waals surface area contributed by atoms with Gasteiger partial charge in [0.05, 0.1) is 11.3 Å². The average Bonchev–Trinajstić information content (AvgIpc) is 2.58. The number of benzene rings is 3. The molecule has 0 atom stereocenters. The van der Waals surface area contributed by atoms with Crippen LogP contribution in [0.4, 0.5) is 11.4 Å². The maximum atomic E-state index is 11.2. The third-order valence-electron chi connectivity index (χ3n) is 3.64. The SMILES string of the molecule is O=C(O)c1ccccc1Nc1ccc(Cc2ccccc2)cc1. The average molecular weight is 303 g/mol. The molecule has 3 nitrogen and oxygen atoms in total. The van der Waals surface area contributed by atoms with Crippen molar-refractivity contribution in [2.24, 2.45) is 0 Å². The topological polar surface area (TPSA) is 49.3 Å². The second-order valence-electron chi connectivity index (χ2n) is 5.34. The largest absolute Gasteiger partial charge is 0.478 e. The van der Waals surface area contributed by atoms with E-state index in [1.54, 1.807) is 18.2 Å². The summed E-state index contributed by atoms with van der Waals surface area (Å²) in [7, 11) is 0. The molecule has 0 amide bonds. The van der Waals surface area contributed by atoms with Gasteiger partial charge < -0.3 is 10.4 Å². The molecule has 0 aliphatic carbocycles. The van der Waals surface area contributed by atoms with Crippen LogP contribution < -0.4 is 5.32 Å². The summed E-state index contributed by atoms with van der Waals surface area (Å²) in [6.07, 6.45) is 0.882. The first-order chi connectivity index (χ1) is 11.2. The quantitative estimate of drug-likeness (QED) is 0.717. The van der Waals surface area contributed by atoms with E-state index in [2.05, 4.69) is 29.6 Å². The van der Waals surface area contributed by atoms with Crippen LogP contribution in [-0.2, 0) is 6.42 Å². The minimum atomic E-state index is -0.936. The number of aromatic carboxylic acids is 1. The van der Waals surface area contributed by atoms with E-state index >= 15 is 0 Å². The summed E-state index contributed by atoms with van der Waals surface area (Å²) >= 11 is 0. The monoisotopic (exact) mass is 303 g/mol. The zero-order chi connectivity index (χ0) is 16.1. The van der Waals surface area contributed by atoms with E-state index in [0.717, 1.165) is 12.1 Å². The van der Waals surface area contributed by atoms with Crippen molar-refractivity contribution in [3.63, 3.8) is 0 Å². The highest BCUT2D eigenvalue weighted by atomic mass is 16.4. The Bertz CT molecular complexity index is 795. The summed E-state index contributed by atoms with van der Waals surface area (Å²) in [5.41, 5.74) is 4.21. The summed E-state index contributed by atoms with van der Waals surface area (Å²) < 4.78 is 0. The van der Waals surface area contributed by atoms with Gasteiger partial charge in [-0.2, -0.15) is 0 Å². The molecule has 0 spiro atoms. The summed E-state index contributed by atoms with van der Waals surface area (Å²) in [6, 6.07) is 25.2. The second-order valence-corrected chi connectivity index (χ2v) is 5.34. The van der Waals surface area contributed by atoms with Crippen molar-refractivity contribution in [2.45, 2.75) is 6.42 Å². The van der Waals surface area contributed by atoms with Gasteiger partial charge in [-0.05, 0) is 41.8 Å². The van der Waals surface area contributed by atoms with Crippen LogP contribution in [0, 0.1) is 0 Å². The van der Waals surface area contributed by atoms with Gasteiger partial charge in [0.1, 0.15) is 0 Å². The summed E-state index contributed by atoms with van der Waals surface area (Å²) in [4.78, 5) is 11.2. The summed E-state index contributed by atoms with van der Waals surface area (Å²) in [5, 5.41) is 12.4. The van der Waals surface area contributed by atoms with E-state index in [9.17, 15) is 9.90 Å². The predicted octanol–water partition coefficient (Wildman–Crippen LogP) is 4.72. The molecule has 0 saturated heterocycles. The molecule has 114 valence electrons. The number of hydrogen-bond donors (Lipinski definition) is 2. The lowest BCUT2D eigenvalue weighted by Gasteiger charge is -2.10. The highest BCUT2D eigenvalue weighted by molar-refractivity contribution is 5.95. The van der Waals surface area contributed by atoms with Gasteiger partial charge in [0, 0.05) is 5.69 Å². The zero-order valence-corrected chi connectivity index (χ0v) is 12.6. The highest BCUT2D eigenvalue weighted by Gasteiger charge is 2.08. The Hall–Kier alpha value is -3.07. The molecule has 3 aromatic rings. The standard InChI is InChI=1S/C20H17NO2/c22-20(23)18-8-4-5-9-19(18)21-17-12-10-16(11-13-17)14-15-6-2-1-3-7-15/h1-13,21H,14H2,(H,22,23). The molecule has 0 heterocycles. The first-order valence-corrected chi connectivity index (χ1v) is 7.44. The maximum Gasteiger partial charge on any atom is 0.337 e. The molecule has 3 aromatic carbocycles. The third kappa shape index (κ3) is 3.77. The number of carboxylic acids is 1. The van der Waals surface area contributed by atoms with E-state index in [1.165, 1.54) is 11.1 Å². The van der Waals surface area contributed by atoms with Crippen molar-refractivity contribution in [1.29, 1.82) is 0 Å². The number of hydrogen-bond acceptors (Lipinski definition) is 2. The molecule has 2 N–H and O–H groups in total. The van der Waals surface area contributed by atoms with Crippen LogP contribution in [0.2, 0.25) is 0 Å². The van der Waals surface area contributed by atoms with Crippen molar-refractivity contribution < 1.29 is 9.90 Å². The Morgan fingerprint density at radius 2 is 1.39 bits per heavy atom. The molecule has 0 aliphatic heterocycles. The lowest BCUT2D eigenvalue weighted by Crippen LogP contribution is -2.02. The first-order valence-electron chi connectivity index (χ1n) is 7.44. The van der Waals surface area contributed by atoms with E-state index in [1.807, 2.05) is 36.4 Å². The van der Waals surface area contributed by atoms with Crippen LogP contribution >= 0.6 is 0 Å². The molecule has 0 fully saturated rings. The van der Waals surface area contributed by atoms with Crippen molar-refractivity contribution in [2.75, 3.05) is 5.32 Å². The van der Waals surface area contributed by atoms with E-state index in [4.69, 9.17) is 0 Å². The number of carboxylic acid groups (broad SMARTS) is 1. The Morgan fingerprint density at radius 1 is 0.783 bits per heavy atom. The van der Waals surface area contributed by atoms with Gasteiger partial charge in [0.25, 0.3) is 0 Å². The molecule has 0 saturated carbocycles. The minimum absolute atomic E-state index is 0.265. The number of para-hydroxylation sites is 1. The highest BCUT2D eigenvalue weighted by Crippen LogP contribution is 2.22. The Kier molecular flexibility index (Phi) is 4.39. The molecule has 0 bridgehead atoms. The van der Waals surface area contributed by atoms with Crippen LogP contribution in [0.15, 0.2) is 78.9 Å². The molecule has 3 rings (SSSR count). The number of rotatable bonds is 5. The van der Waals surface area contributed by atoms with Gasteiger partial charge in [0.15, 0.2) is 0 Å². The molecule has 0 aromatic heterocycles. The fourth-order valence-electron chi connectivity index (χ4n) is 2.47. The predicted molar refractivity (Wildman–Crippen MR) is 92.4 cm³/mol. The number of anilines is 2. The fraction of sp³-hybridized carbons (Fsp3) is 0.0500. The second kappa shape index (κ2) is 6.79. The maximum absolute atomic E-state index is 11.2. The van der Waals surface area contributed by atoms with Crippen LogP contribution in [0.3, 0.4) is 0 Å². The molecule has 0 aliphatic rings. The molecular weight excluding hydrogens is 286 g/mol. The normalized spacial score (nSPS) is 10.3. The van der Waals surface area contributed by atoms with Gasteiger partial charge in [0.2, 0.25) is 0 Å². The zero-order valence-electron chi connectivity index (χ0n) is 12.6. The molecule has 3 heteroatoms. The van der Waals surface area contributed by atoms with Crippen molar-refractivity contribution >= 4 is 17.3 Å². The van der Waals surface area contributed by atoms with Crippen molar-refractivity contribution in [1.82, 2.24) is 0 Å². The summed E-state index contributed by atoms with van der Waals surface area (Å²) in [5.74, 6) is -0.936. The van der Waals surface area contributed by atoms with E-state index in [-0.39, 0.29) is 5.56 Å². The molecule has 0 unspecified atom stereocenters. The van der Waals surface area contributed by atoms with E-state index < -0.39 is 5.97 Å². The third-order valence-corrected chi connectivity index (χ3v) is 3.64. The van der Waals surface area contributed by atoms with Gasteiger partial charge >= 0.3 is 5.97 Å². The first kappa shape index (κ1) is 14.9. The Morgan fingerprint density at radius 3 is 2.09 bits per heavy atom. The van der Waals surface area contributed by atoms with Crippen molar-refractivity contribution in [3.05, 3.63) is 95.6 Å². The van der Waals surface area contributed by atoms with Gasteiger partial charge in [-0.1, -0.05) is 54.6 Å². The van der Waals surface area contributed by atoms with Crippen LogP contribution in [-0.4, -0.2) is 11.1 Å². The molecular formula is C20H17NO2. The van der Waals surface area contributed by atoms with E-state index in [0.29, 0.717) is 5.69 Å².